The zero-order valence-electron chi connectivity index (χ0n) is 18.7. The van der Waals surface area contributed by atoms with Crippen LogP contribution in [0.2, 0.25) is 0 Å². The van der Waals surface area contributed by atoms with Crippen molar-refractivity contribution in [1.82, 2.24) is 10.6 Å². The Labute approximate surface area is 188 Å². The Hall–Kier alpha value is -3.35. The molecule has 0 heterocycles. The third kappa shape index (κ3) is 5.10. The average Bonchev–Trinajstić information content (AvgIpc) is 3.09. The molecule has 3 N–H and O–H groups in total. The number of rotatable bonds is 9. The molecule has 32 heavy (non-hydrogen) atoms. The van der Waals surface area contributed by atoms with Crippen LogP contribution >= 0.6 is 0 Å². The van der Waals surface area contributed by atoms with E-state index in [2.05, 4.69) is 34.9 Å². The smallest absolute Gasteiger partial charge is 0.407 e. The second kappa shape index (κ2) is 9.85. The van der Waals surface area contributed by atoms with E-state index in [1.54, 1.807) is 20.8 Å². The first-order valence-corrected chi connectivity index (χ1v) is 10.9. The molecule has 2 aromatic rings. The first-order chi connectivity index (χ1) is 15.2. The van der Waals surface area contributed by atoms with Crippen molar-refractivity contribution in [3.63, 3.8) is 0 Å². The Morgan fingerprint density at radius 1 is 1.06 bits per heavy atom. The molecule has 0 saturated carbocycles. The van der Waals surface area contributed by atoms with Gasteiger partial charge in [-0.25, -0.2) is 4.79 Å². The van der Waals surface area contributed by atoms with Gasteiger partial charge in [0.25, 0.3) is 0 Å². The minimum atomic E-state index is -1.01. The van der Waals surface area contributed by atoms with Gasteiger partial charge in [0.1, 0.15) is 6.61 Å². The van der Waals surface area contributed by atoms with E-state index in [-0.39, 0.29) is 31.4 Å². The fraction of sp³-hybridized carbons (Fsp3) is 0.400. The third-order valence-corrected chi connectivity index (χ3v) is 6.17. The molecule has 0 aliphatic heterocycles. The van der Waals surface area contributed by atoms with Gasteiger partial charge in [0, 0.05) is 24.9 Å². The highest BCUT2D eigenvalue weighted by molar-refractivity contribution is 5.80. The van der Waals surface area contributed by atoms with E-state index in [0.29, 0.717) is 6.42 Å². The fourth-order valence-corrected chi connectivity index (χ4v) is 3.89. The monoisotopic (exact) mass is 438 g/mol. The Bertz CT molecular complexity index is 960. The quantitative estimate of drug-likeness (QED) is 0.550. The number of carboxylic acids is 1. The van der Waals surface area contributed by atoms with E-state index in [0.717, 1.165) is 22.3 Å². The zero-order chi connectivity index (χ0) is 23.3. The van der Waals surface area contributed by atoms with Crippen molar-refractivity contribution in [2.75, 3.05) is 13.2 Å². The van der Waals surface area contributed by atoms with Crippen LogP contribution in [0.25, 0.3) is 11.1 Å². The lowest BCUT2D eigenvalue weighted by molar-refractivity contribution is -0.148. The van der Waals surface area contributed by atoms with E-state index < -0.39 is 23.5 Å². The summed E-state index contributed by atoms with van der Waals surface area (Å²) >= 11 is 0. The maximum absolute atomic E-state index is 12.3. The minimum Gasteiger partial charge on any atom is -0.481 e. The van der Waals surface area contributed by atoms with Gasteiger partial charge in [-0.05, 0) is 42.5 Å². The number of carboxylic acid groups (broad SMARTS) is 1. The molecule has 1 aliphatic carbocycles. The van der Waals surface area contributed by atoms with Crippen molar-refractivity contribution in [2.45, 2.75) is 45.6 Å². The van der Waals surface area contributed by atoms with Crippen LogP contribution in [0, 0.1) is 5.41 Å². The molecule has 7 nitrogen and oxygen atoms in total. The molecular weight excluding hydrogens is 408 g/mol. The zero-order valence-corrected chi connectivity index (χ0v) is 18.7. The number of carbonyl (C=O) groups is 3. The van der Waals surface area contributed by atoms with Crippen LogP contribution in [0.15, 0.2) is 48.5 Å². The van der Waals surface area contributed by atoms with E-state index in [4.69, 9.17) is 4.74 Å². The van der Waals surface area contributed by atoms with Crippen molar-refractivity contribution < 1.29 is 24.2 Å². The van der Waals surface area contributed by atoms with Crippen molar-refractivity contribution in [2.24, 2.45) is 5.41 Å². The number of aliphatic carboxylic acids is 1. The summed E-state index contributed by atoms with van der Waals surface area (Å²) in [5.74, 6) is -1.31. The van der Waals surface area contributed by atoms with Gasteiger partial charge in [-0.2, -0.15) is 0 Å². The number of nitrogens with one attached hydrogen (secondary N) is 2. The molecule has 2 aromatic carbocycles. The lowest BCUT2D eigenvalue weighted by atomic mass is 9.87. The Morgan fingerprint density at radius 2 is 1.62 bits per heavy atom. The molecule has 3 rings (SSSR count). The van der Waals surface area contributed by atoms with E-state index in [9.17, 15) is 19.5 Å². The van der Waals surface area contributed by atoms with Crippen LogP contribution < -0.4 is 10.6 Å². The van der Waals surface area contributed by atoms with Gasteiger partial charge in [-0.15, -0.1) is 0 Å². The maximum Gasteiger partial charge on any atom is 0.407 e. The lowest BCUT2D eigenvalue weighted by Crippen LogP contribution is -2.43. The van der Waals surface area contributed by atoms with E-state index >= 15 is 0 Å². The number of alkyl carbamates (subject to hydrolysis) is 1. The molecular formula is C25H30N2O5. The number of amides is 2. The van der Waals surface area contributed by atoms with Gasteiger partial charge >= 0.3 is 12.1 Å². The highest BCUT2D eigenvalue weighted by Crippen LogP contribution is 2.44. The second-order valence-electron chi connectivity index (χ2n) is 8.57. The molecule has 2 atom stereocenters. The van der Waals surface area contributed by atoms with Crippen LogP contribution in [-0.2, 0) is 14.3 Å². The molecule has 0 saturated heterocycles. The van der Waals surface area contributed by atoms with Crippen LogP contribution in [0.4, 0.5) is 4.79 Å². The summed E-state index contributed by atoms with van der Waals surface area (Å²) in [5.41, 5.74) is 3.56. The summed E-state index contributed by atoms with van der Waals surface area (Å²) in [4.78, 5) is 35.8. The van der Waals surface area contributed by atoms with Crippen molar-refractivity contribution in [3.8, 4) is 11.1 Å². The third-order valence-electron chi connectivity index (χ3n) is 6.17. The summed E-state index contributed by atoms with van der Waals surface area (Å²) < 4.78 is 5.50. The molecule has 0 bridgehead atoms. The molecule has 2 unspecified atom stereocenters. The SMILES string of the molecule is CCC(C)(CNC(=O)CC(C)NC(=O)OCC1c2ccccc2-c2ccccc21)C(=O)O. The fourth-order valence-electron chi connectivity index (χ4n) is 3.89. The largest absolute Gasteiger partial charge is 0.481 e. The number of ether oxygens (including phenoxy) is 1. The first-order valence-electron chi connectivity index (χ1n) is 10.9. The standard InChI is InChI=1S/C25H30N2O5/c1-4-25(3,23(29)30)15-26-22(28)13-16(2)27-24(31)32-14-21-19-11-7-5-9-17(19)18-10-6-8-12-20(18)21/h5-12,16,21H,4,13-15H2,1-3H3,(H,26,28)(H,27,31)(H,29,30). The van der Waals surface area contributed by atoms with Gasteiger partial charge < -0.3 is 20.5 Å². The van der Waals surface area contributed by atoms with Gasteiger partial charge in [0.2, 0.25) is 5.91 Å². The lowest BCUT2D eigenvalue weighted by Gasteiger charge is -2.23. The summed E-state index contributed by atoms with van der Waals surface area (Å²) in [6.45, 7) is 5.30. The summed E-state index contributed by atoms with van der Waals surface area (Å²) in [6, 6.07) is 15.7. The number of carbonyl (C=O) groups excluding carboxylic acids is 2. The number of hydrogen-bond acceptors (Lipinski definition) is 4. The van der Waals surface area contributed by atoms with E-state index in [1.165, 1.54) is 0 Å². The molecule has 0 spiro atoms. The summed E-state index contributed by atoms with van der Waals surface area (Å²) in [7, 11) is 0. The molecule has 1 aliphatic rings. The Morgan fingerprint density at radius 3 is 2.16 bits per heavy atom. The van der Waals surface area contributed by atoms with Crippen LogP contribution in [0.1, 0.15) is 50.7 Å². The summed E-state index contributed by atoms with van der Waals surface area (Å²) in [6.07, 6.45) is -0.157. The Kier molecular flexibility index (Phi) is 7.18. The summed E-state index contributed by atoms with van der Waals surface area (Å²) in [5, 5.41) is 14.6. The van der Waals surface area contributed by atoms with Gasteiger partial charge in [-0.1, -0.05) is 55.5 Å². The number of fused-ring (bicyclic) bond motifs is 3. The highest BCUT2D eigenvalue weighted by atomic mass is 16.5. The van der Waals surface area contributed by atoms with Gasteiger partial charge in [-0.3, -0.25) is 9.59 Å². The van der Waals surface area contributed by atoms with Crippen molar-refractivity contribution in [3.05, 3.63) is 59.7 Å². The second-order valence-corrected chi connectivity index (χ2v) is 8.57. The Balaban J connectivity index is 1.50. The molecule has 0 radical (unpaired) electrons. The van der Waals surface area contributed by atoms with Crippen LogP contribution in [-0.4, -0.2) is 42.3 Å². The topological polar surface area (TPSA) is 105 Å². The molecule has 0 aromatic heterocycles. The van der Waals surface area contributed by atoms with Crippen molar-refractivity contribution >= 4 is 18.0 Å². The normalized spacial score (nSPS) is 15.1. The van der Waals surface area contributed by atoms with Crippen LogP contribution in [0.3, 0.4) is 0 Å². The number of hydrogen-bond donors (Lipinski definition) is 3. The molecule has 7 heteroatoms. The van der Waals surface area contributed by atoms with Gasteiger partial charge in [0.15, 0.2) is 0 Å². The van der Waals surface area contributed by atoms with E-state index in [1.807, 2.05) is 24.3 Å². The van der Waals surface area contributed by atoms with Gasteiger partial charge in [0.05, 0.1) is 5.41 Å². The number of benzene rings is 2. The highest BCUT2D eigenvalue weighted by Gasteiger charge is 2.32. The predicted octanol–water partition coefficient (Wildman–Crippen LogP) is 3.92. The average molecular weight is 439 g/mol. The molecule has 170 valence electrons. The maximum atomic E-state index is 12.3. The van der Waals surface area contributed by atoms with Crippen molar-refractivity contribution in [1.29, 1.82) is 0 Å². The van der Waals surface area contributed by atoms with Crippen LogP contribution in [0.5, 0.6) is 0 Å². The predicted molar refractivity (Wildman–Crippen MR) is 121 cm³/mol. The molecule has 0 fully saturated rings. The minimum absolute atomic E-state index is 0.0314. The first kappa shape index (κ1) is 23.3. The molecule has 2 amide bonds.